The van der Waals surface area contributed by atoms with Gasteiger partial charge in [-0.15, -0.1) is 0 Å². The zero-order valence-electron chi connectivity index (χ0n) is 2.21. The molecule has 0 radical (unpaired) electrons. The average molecular weight is 171 g/mol. The Labute approximate surface area is 94.2 Å². The van der Waals surface area contributed by atoms with Gasteiger partial charge in [-0.1, -0.05) is 34.8 Å². The van der Waals surface area contributed by atoms with Crippen molar-refractivity contribution in [1.82, 2.24) is 0 Å². The molecule has 0 unspecified atom stereocenters. The van der Waals surface area contributed by atoms with Gasteiger partial charge in [0.05, 0.1) is 0 Å². The molecule has 0 aliphatic heterocycles. The van der Waals surface area contributed by atoms with Crippen LogP contribution in [0.5, 0.6) is 0 Å². The van der Waals surface area contributed by atoms with Gasteiger partial charge in [-0.25, -0.2) is 0 Å². The summed E-state index contributed by atoms with van der Waals surface area (Å²) in [6.07, 6.45) is 0. The summed E-state index contributed by atoms with van der Waals surface area (Å²) >= 11 is 14.8. The second-order valence-electron chi connectivity index (χ2n) is 0.399. The van der Waals surface area contributed by atoms with E-state index >= 15 is 0 Å². The van der Waals surface area contributed by atoms with Crippen LogP contribution in [0.15, 0.2) is 10.0 Å². The third kappa shape index (κ3) is 9.53. The quantitative estimate of drug-likeness (QED) is 0.488. The van der Waals surface area contributed by atoms with Gasteiger partial charge in [0.1, 0.15) is 4.49 Å². The van der Waals surface area contributed by atoms with Crippen molar-refractivity contribution >= 4 is 86.2 Å². The molecule has 0 fully saturated rings. The molecule has 0 aliphatic rings. The standard InChI is InChI=1S/C2HCl3.K.H/c3-1-2(4)5;;/h1H;;. The molecule has 0 aliphatic carbocycles. The SMILES string of the molecule is ClC=C(Cl)Cl.[KH]. The second kappa shape index (κ2) is 7.25. The van der Waals surface area contributed by atoms with Crippen LogP contribution in [0.1, 0.15) is 0 Å². The minimum atomic E-state index is 0. The molecule has 4 heteroatoms. The van der Waals surface area contributed by atoms with Crippen molar-refractivity contribution < 1.29 is 0 Å². The third-order valence-corrected chi connectivity index (χ3v) is 0.742. The van der Waals surface area contributed by atoms with Crippen molar-refractivity contribution in [1.29, 1.82) is 0 Å². The van der Waals surface area contributed by atoms with Crippen molar-refractivity contribution in [3.8, 4) is 0 Å². The van der Waals surface area contributed by atoms with Gasteiger partial charge in [0.15, 0.2) is 0 Å². The molecule has 0 spiro atoms. The van der Waals surface area contributed by atoms with Crippen molar-refractivity contribution in [3.05, 3.63) is 10.0 Å². The van der Waals surface area contributed by atoms with Crippen molar-refractivity contribution in [2.45, 2.75) is 0 Å². The first kappa shape index (κ1) is 11.1. The van der Waals surface area contributed by atoms with Crippen LogP contribution in [0, 0.1) is 0 Å². The second-order valence-corrected chi connectivity index (χ2v) is 1.62. The molecule has 0 N–H and O–H groups in total. The maximum atomic E-state index is 4.96. The molecular weight excluding hydrogens is 169 g/mol. The first-order valence-electron chi connectivity index (χ1n) is 0.885. The number of hydrogen-bond donors (Lipinski definition) is 0. The van der Waals surface area contributed by atoms with E-state index in [1.54, 1.807) is 0 Å². The van der Waals surface area contributed by atoms with Gasteiger partial charge < -0.3 is 0 Å². The molecule has 0 atom stereocenters. The molecular formula is C2H2Cl3K. The van der Waals surface area contributed by atoms with E-state index in [9.17, 15) is 0 Å². The van der Waals surface area contributed by atoms with Gasteiger partial charge in [-0.3, -0.25) is 0 Å². The van der Waals surface area contributed by atoms with E-state index in [0.717, 1.165) is 5.54 Å². The molecule has 0 saturated carbocycles. The van der Waals surface area contributed by atoms with Crippen LogP contribution in [-0.2, 0) is 0 Å². The van der Waals surface area contributed by atoms with Crippen LogP contribution in [0.25, 0.3) is 0 Å². The van der Waals surface area contributed by atoms with Crippen LogP contribution in [0.4, 0.5) is 0 Å². The Balaban J connectivity index is 0. The average Bonchev–Trinajstić information content (AvgIpc) is 1.38. The zero-order valence-corrected chi connectivity index (χ0v) is 4.48. The molecule has 0 bridgehead atoms. The van der Waals surface area contributed by atoms with Crippen LogP contribution in [-0.4, -0.2) is 51.4 Å². The molecule has 6 heavy (non-hydrogen) atoms. The summed E-state index contributed by atoms with van der Waals surface area (Å²) in [7, 11) is 0. The molecule has 0 aromatic rings. The van der Waals surface area contributed by atoms with E-state index in [-0.39, 0.29) is 55.9 Å². The van der Waals surface area contributed by atoms with Crippen LogP contribution in [0.2, 0.25) is 0 Å². The van der Waals surface area contributed by atoms with Gasteiger partial charge in [0, 0.05) is 5.54 Å². The van der Waals surface area contributed by atoms with Crippen LogP contribution >= 0.6 is 34.8 Å². The molecule has 0 aromatic carbocycles. The summed E-state index contributed by atoms with van der Waals surface area (Å²) in [4.78, 5) is 0. The van der Waals surface area contributed by atoms with Crippen molar-refractivity contribution in [2.24, 2.45) is 0 Å². The fraction of sp³-hybridized carbons (Fsp3) is 0. The molecule has 0 aromatic heterocycles. The summed E-state index contributed by atoms with van der Waals surface area (Å²) in [5.74, 6) is 0. The van der Waals surface area contributed by atoms with E-state index < -0.39 is 0 Å². The summed E-state index contributed by atoms with van der Waals surface area (Å²) in [6.45, 7) is 0. The third-order valence-electron chi connectivity index (χ3n) is 0.0825. The summed E-state index contributed by atoms with van der Waals surface area (Å²) < 4.78 is 0.0895. The first-order chi connectivity index (χ1) is 2.27. The maximum absolute atomic E-state index is 4.96. The Hall–Kier alpha value is 2.25. The monoisotopic (exact) mass is 170 g/mol. The van der Waals surface area contributed by atoms with E-state index in [1.807, 2.05) is 0 Å². The normalized spacial score (nSPS) is 5.83. The molecule has 0 rings (SSSR count). The molecule has 0 nitrogen and oxygen atoms in total. The number of halogens is 3. The van der Waals surface area contributed by atoms with Crippen molar-refractivity contribution in [2.75, 3.05) is 0 Å². The molecule has 32 valence electrons. The number of rotatable bonds is 0. The van der Waals surface area contributed by atoms with Gasteiger partial charge in [0.25, 0.3) is 0 Å². The first-order valence-corrected chi connectivity index (χ1v) is 2.08. The Morgan fingerprint density at radius 2 is 1.50 bits per heavy atom. The van der Waals surface area contributed by atoms with E-state index in [4.69, 9.17) is 34.8 Å². The van der Waals surface area contributed by atoms with E-state index in [1.165, 1.54) is 0 Å². The van der Waals surface area contributed by atoms with E-state index in [0.29, 0.717) is 0 Å². The van der Waals surface area contributed by atoms with Gasteiger partial charge in [0.2, 0.25) is 0 Å². The fourth-order valence-electron chi connectivity index (χ4n) is 0. The topological polar surface area (TPSA) is 0 Å². The Bertz CT molecular complexity index is 46.8. The summed E-state index contributed by atoms with van der Waals surface area (Å²) in [5, 5.41) is 0. The summed E-state index contributed by atoms with van der Waals surface area (Å²) in [5.41, 5.74) is 1.09. The minimum absolute atomic E-state index is 0. The molecule has 0 heterocycles. The Morgan fingerprint density at radius 1 is 1.33 bits per heavy atom. The van der Waals surface area contributed by atoms with E-state index in [2.05, 4.69) is 0 Å². The van der Waals surface area contributed by atoms with Gasteiger partial charge in [-0.05, 0) is 0 Å². The predicted octanol–water partition coefficient (Wildman–Crippen LogP) is 1.85. The Kier molecular flexibility index (Phi) is 13.4. The molecule has 0 amide bonds. The van der Waals surface area contributed by atoms with Crippen LogP contribution < -0.4 is 0 Å². The predicted molar refractivity (Wildman–Crippen MR) is 32.8 cm³/mol. The van der Waals surface area contributed by atoms with Crippen molar-refractivity contribution in [3.63, 3.8) is 0 Å². The van der Waals surface area contributed by atoms with Gasteiger partial charge in [-0.2, -0.15) is 0 Å². The zero-order chi connectivity index (χ0) is 4.28. The summed E-state index contributed by atoms with van der Waals surface area (Å²) in [6, 6.07) is 0. The van der Waals surface area contributed by atoms with Gasteiger partial charge >= 0.3 is 51.4 Å². The number of hydrogen-bond acceptors (Lipinski definition) is 0. The fourth-order valence-corrected chi connectivity index (χ4v) is 0. The van der Waals surface area contributed by atoms with Crippen LogP contribution in [0.3, 0.4) is 0 Å². The Morgan fingerprint density at radius 3 is 1.50 bits per heavy atom. The molecule has 0 saturated heterocycles.